The van der Waals surface area contributed by atoms with Crippen molar-refractivity contribution in [3.63, 3.8) is 0 Å². The van der Waals surface area contributed by atoms with Gasteiger partial charge in [0.15, 0.2) is 0 Å². The molecular weight excluding hydrogens is 196 g/mol. The molecule has 1 heterocycles. The van der Waals surface area contributed by atoms with Crippen molar-refractivity contribution in [2.45, 2.75) is 32.7 Å². The van der Waals surface area contributed by atoms with E-state index < -0.39 is 0 Å². The van der Waals surface area contributed by atoms with Crippen LogP contribution in [-0.4, -0.2) is 28.5 Å². The van der Waals surface area contributed by atoms with Crippen molar-refractivity contribution >= 4 is 16.7 Å². The highest BCUT2D eigenvalue weighted by atomic mass is 32.1. The van der Waals surface area contributed by atoms with E-state index in [-0.39, 0.29) is 0 Å². The molecule has 0 radical (unpaired) electrons. The number of anilines is 1. The monoisotopic (exact) mass is 214 g/mol. The molecule has 4 nitrogen and oxygen atoms in total. The molecule has 80 valence electrons. The van der Waals surface area contributed by atoms with Gasteiger partial charge in [-0.25, -0.2) is 4.98 Å². The Bertz CT molecular complexity index is 233. The first-order valence-electron chi connectivity index (χ1n) is 5.06. The van der Waals surface area contributed by atoms with Crippen LogP contribution in [0.1, 0.15) is 26.7 Å². The zero-order chi connectivity index (χ0) is 10.4. The highest BCUT2D eigenvalue weighted by Crippen LogP contribution is 2.20. The van der Waals surface area contributed by atoms with Crippen LogP contribution < -0.4 is 10.6 Å². The number of nitrogens with zero attached hydrogens (tertiary/aromatic N) is 3. The van der Waals surface area contributed by atoms with Crippen LogP contribution >= 0.6 is 11.5 Å². The first-order valence-corrected chi connectivity index (χ1v) is 5.84. The van der Waals surface area contributed by atoms with Crippen LogP contribution in [-0.2, 0) is 0 Å². The Morgan fingerprint density at radius 3 is 2.64 bits per heavy atom. The number of nitrogens with two attached hydrogens (primary N) is 1. The summed E-state index contributed by atoms with van der Waals surface area (Å²) in [6.07, 6.45) is 3.85. The maximum absolute atomic E-state index is 5.60. The summed E-state index contributed by atoms with van der Waals surface area (Å²) in [5.41, 5.74) is 5.60. The molecule has 0 saturated heterocycles. The maximum Gasteiger partial charge on any atom is 0.205 e. The Kier molecular flexibility index (Phi) is 4.82. The second-order valence-electron chi connectivity index (χ2n) is 3.18. The normalized spacial score (nSPS) is 10.9. The van der Waals surface area contributed by atoms with Gasteiger partial charge in [0, 0.05) is 30.7 Å². The summed E-state index contributed by atoms with van der Waals surface area (Å²) in [5, 5.41) is 0.990. The van der Waals surface area contributed by atoms with E-state index >= 15 is 0 Å². The third kappa shape index (κ3) is 2.65. The standard InChI is InChI=1S/C9H18N4S/c1-3-8(4-2)13(6-5-10)9-11-7-12-14-9/h7-8H,3-6,10H2,1-2H3. The second-order valence-corrected chi connectivity index (χ2v) is 3.93. The Morgan fingerprint density at radius 2 is 2.21 bits per heavy atom. The largest absolute Gasteiger partial charge is 0.343 e. The molecule has 14 heavy (non-hydrogen) atoms. The number of rotatable bonds is 6. The Balaban J connectivity index is 2.72. The number of hydrogen-bond donors (Lipinski definition) is 1. The van der Waals surface area contributed by atoms with Gasteiger partial charge in [0.25, 0.3) is 0 Å². The Labute approximate surface area is 89.3 Å². The summed E-state index contributed by atoms with van der Waals surface area (Å²) < 4.78 is 4.02. The third-order valence-electron chi connectivity index (χ3n) is 2.35. The predicted octanol–water partition coefficient (Wildman–Crippen LogP) is 1.49. The molecule has 0 aliphatic carbocycles. The third-order valence-corrected chi connectivity index (χ3v) is 3.05. The fourth-order valence-corrected chi connectivity index (χ4v) is 2.22. The average molecular weight is 214 g/mol. The first-order chi connectivity index (χ1) is 6.83. The highest BCUT2D eigenvalue weighted by molar-refractivity contribution is 7.09. The van der Waals surface area contributed by atoms with Crippen molar-refractivity contribution in [1.29, 1.82) is 0 Å². The summed E-state index contributed by atoms with van der Waals surface area (Å²) >= 11 is 1.44. The molecule has 0 aliphatic heterocycles. The van der Waals surface area contributed by atoms with Gasteiger partial charge in [-0.3, -0.25) is 0 Å². The molecule has 1 aromatic rings. The lowest BCUT2D eigenvalue weighted by Crippen LogP contribution is -2.38. The van der Waals surface area contributed by atoms with E-state index in [2.05, 4.69) is 28.1 Å². The lowest BCUT2D eigenvalue weighted by atomic mass is 10.1. The van der Waals surface area contributed by atoms with Gasteiger partial charge in [0.1, 0.15) is 6.33 Å². The van der Waals surface area contributed by atoms with Crippen molar-refractivity contribution in [3.8, 4) is 0 Å². The van der Waals surface area contributed by atoms with Crippen LogP contribution in [0.15, 0.2) is 6.33 Å². The molecule has 0 amide bonds. The Hall–Kier alpha value is -0.680. The van der Waals surface area contributed by atoms with Gasteiger partial charge in [-0.2, -0.15) is 4.37 Å². The average Bonchev–Trinajstić information content (AvgIpc) is 2.71. The fourth-order valence-electron chi connectivity index (χ4n) is 1.60. The zero-order valence-electron chi connectivity index (χ0n) is 8.81. The van der Waals surface area contributed by atoms with Crippen molar-refractivity contribution in [2.75, 3.05) is 18.0 Å². The van der Waals surface area contributed by atoms with Crippen LogP contribution in [0.5, 0.6) is 0 Å². The lowest BCUT2D eigenvalue weighted by Gasteiger charge is -2.29. The Morgan fingerprint density at radius 1 is 1.50 bits per heavy atom. The number of hydrogen-bond acceptors (Lipinski definition) is 5. The van der Waals surface area contributed by atoms with E-state index in [0.29, 0.717) is 12.6 Å². The van der Waals surface area contributed by atoms with Crippen LogP contribution in [0.25, 0.3) is 0 Å². The van der Waals surface area contributed by atoms with E-state index in [4.69, 9.17) is 5.73 Å². The summed E-state index contributed by atoms with van der Waals surface area (Å²) in [6.45, 7) is 5.91. The minimum atomic E-state index is 0.534. The van der Waals surface area contributed by atoms with Crippen LogP contribution in [0.3, 0.4) is 0 Å². The molecule has 0 aromatic carbocycles. The van der Waals surface area contributed by atoms with Crippen molar-refractivity contribution in [2.24, 2.45) is 5.73 Å². The molecule has 0 spiro atoms. The van der Waals surface area contributed by atoms with Gasteiger partial charge in [-0.15, -0.1) is 0 Å². The lowest BCUT2D eigenvalue weighted by molar-refractivity contribution is 0.558. The molecule has 0 bridgehead atoms. The van der Waals surface area contributed by atoms with Crippen molar-refractivity contribution < 1.29 is 0 Å². The van der Waals surface area contributed by atoms with E-state index in [1.807, 2.05) is 0 Å². The van der Waals surface area contributed by atoms with Gasteiger partial charge < -0.3 is 10.6 Å². The van der Waals surface area contributed by atoms with Gasteiger partial charge in [0.2, 0.25) is 5.13 Å². The van der Waals surface area contributed by atoms with Crippen LogP contribution in [0.4, 0.5) is 5.13 Å². The molecule has 0 atom stereocenters. The van der Waals surface area contributed by atoms with Gasteiger partial charge >= 0.3 is 0 Å². The van der Waals surface area contributed by atoms with Crippen molar-refractivity contribution in [1.82, 2.24) is 9.36 Å². The molecule has 0 unspecified atom stereocenters. The summed E-state index contributed by atoms with van der Waals surface area (Å²) in [6, 6.07) is 0.534. The SMILES string of the molecule is CCC(CC)N(CCN)c1ncns1. The molecule has 0 saturated carbocycles. The minimum Gasteiger partial charge on any atom is -0.343 e. The van der Waals surface area contributed by atoms with Gasteiger partial charge in [-0.1, -0.05) is 13.8 Å². The van der Waals surface area contributed by atoms with E-state index in [0.717, 1.165) is 24.5 Å². The molecule has 0 fully saturated rings. The minimum absolute atomic E-state index is 0.534. The maximum atomic E-state index is 5.60. The van der Waals surface area contributed by atoms with Crippen LogP contribution in [0.2, 0.25) is 0 Å². The van der Waals surface area contributed by atoms with Gasteiger partial charge in [-0.05, 0) is 12.8 Å². The van der Waals surface area contributed by atoms with E-state index in [1.165, 1.54) is 11.5 Å². The second kappa shape index (κ2) is 5.93. The number of aromatic nitrogens is 2. The predicted molar refractivity (Wildman–Crippen MR) is 60.7 cm³/mol. The molecule has 5 heteroatoms. The van der Waals surface area contributed by atoms with Crippen molar-refractivity contribution in [3.05, 3.63) is 6.33 Å². The van der Waals surface area contributed by atoms with E-state index in [9.17, 15) is 0 Å². The molecule has 1 rings (SSSR count). The van der Waals surface area contributed by atoms with Crippen LogP contribution in [0, 0.1) is 0 Å². The quantitative estimate of drug-likeness (QED) is 0.779. The molecule has 1 aromatic heterocycles. The first kappa shape index (κ1) is 11.4. The molecule has 0 aliphatic rings. The van der Waals surface area contributed by atoms with Gasteiger partial charge in [0.05, 0.1) is 0 Å². The molecular formula is C9H18N4S. The fraction of sp³-hybridized carbons (Fsp3) is 0.778. The zero-order valence-corrected chi connectivity index (χ0v) is 9.63. The highest BCUT2D eigenvalue weighted by Gasteiger charge is 2.17. The summed E-state index contributed by atoms with van der Waals surface area (Å²) in [4.78, 5) is 6.49. The molecule has 2 N–H and O–H groups in total. The van der Waals surface area contributed by atoms with E-state index in [1.54, 1.807) is 6.33 Å². The smallest absolute Gasteiger partial charge is 0.205 e. The summed E-state index contributed by atoms with van der Waals surface area (Å²) in [5.74, 6) is 0. The topological polar surface area (TPSA) is 55.0 Å². The summed E-state index contributed by atoms with van der Waals surface area (Å²) in [7, 11) is 0.